The topological polar surface area (TPSA) is 114 Å². The van der Waals surface area contributed by atoms with Gasteiger partial charge in [-0.3, -0.25) is 24.1 Å². The molecular weight excluding hydrogens is 458 g/mol. The molecule has 0 saturated carbocycles. The maximum atomic E-state index is 12.6. The molecule has 9 nitrogen and oxygen atoms in total. The monoisotopic (exact) mass is 479 g/mol. The number of fused-ring (bicyclic) bond motifs is 1. The van der Waals surface area contributed by atoms with E-state index in [1.54, 1.807) is 61.7 Å². The fourth-order valence-corrected chi connectivity index (χ4v) is 4.12. The SMILES string of the molecule is CNC(=O)c1ccc(/C=C/C(=O)NCCN2C(=O)S/C(=C\c3ccc4c(c3)OCO4)C2=O)cc1. The summed E-state index contributed by atoms with van der Waals surface area (Å²) in [5.41, 5.74) is 1.99. The molecule has 1 saturated heterocycles. The minimum absolute atomic E-state index is 0.0591. The summed E-state index contributed by atoms with van der Waals surface area (Å²) in [6, 6.07) is 12.0. The highest BCUT2D eigenvalue weighted by molar-refractivity contribution is 8.18. The second-order valence-corrected chi connectivity index (χ2v) is 8.26. The first-order valence-electron chi connectivity index (χ1n) is 10.4. The second kappa shape index (κ2) is 10.3. The quantitative estimate of drug-likeness (QED) is 0.587. The third kappa shape index (κ3) is 5.29. The van der Waals surface area contributed by atoms with Crippen molar-refractivity contribution in [3.8, 4) is 11.5 Å². The Morgan fingerprint density at radius 2 is 1.79 bits per heavy atom. The summed E-state index contributed by atoms with van der Waals surface area (Å²) in [7, 11) is 1.55. The Balaban J connectivity index is 1.28. The zero-order chi connectivity index (χ0) is 24.1. The average Bonchev–Trinajstić information content (AvgIpc) is 3.42. The first kappa shape index (κ1) is 23.1. The van der Waals surface area contributed by atoms with Gasteiger partial charge in [0.25, 0.3) is 17.1 Å². The van der Waals surface area contributed by atoms with Gasteiger partial charge in [-0.2, -0.15) is 0 Å². The van der Waals surface area contributed by atoms with Crippen molar-refractivity contribution >= 4 is 46.9 Å². The second-order valence-electron chi connectivity index (χ2n) is 7.27. The summed E-state index contributed by atoms with van der Waals surface area (Å²) < 4.78 is 10.6. The van der Waals surface area contributed by atoms with Crippen LogP contribution >= 0.6 is 11.8 Å². The molecule has 0 unspecified atom stereocenters. The van der Waals surface area contributed by atoms with E-state index >= 15 is 0 Å². The lowest BCUT2D eigenvalue weighted by molar-refractivity contribution is -0.123. The molecule has 0 radical (unpaired) electrons. The van der Waals surface area contributed by atoms with Crippen molar-refractivity contribution in [2.24, 2.45) is 0 Å². The van der Waals surface area contributed by atoms with Crippen LogP contribution in [0.2, 0.25) is 0 Å². The van der Waals surface area contributed by atoms with Crippen molar-refractivity contribution in [1.82, 2.24) is 15.5 Å². The van der Waals surface area contributed by atoms with Crippen LogP contribution < -0.4 is 20.1 Å². The summed E-state index contributed by atoms with van der Waals surface area (Å²) in [6.07, 6.45) is 4.59. The average molecular weight is 480 g/mol. The molecular formula is C24H21N3O6S. The summed E-state index contributed by atoms with van der Waals surface area (Å²) in [5.74, 6) is 0.264. The number of hydrogen-bond donors (Lipinski definition) is 2. The molecule has 2 aromatic rings. The molecule has 0 atom stereocenters. The fraction of sp³-hybridized carbons (Fsp3) is 0.167. The standard InChI is InChI=1S/C24H21N3O6S/c1-25-22(29)17-6-2-15(3-7-17)5-9-21(28)26-10-11-27-23(30)20(34-24(27)31)13-16-4-8-18-19(12-16)33-14-32-18/h2-9,12-13H,10-11,14H2,1H3,(H,25,29)(H,26,28)/b9-5+,20-13-. The smallest absolute Gasteiger partial charge is 0.293 e. The van der Waals surface area contributed by atoms with Gasteiger partial charge in [0.2, 0.25) is 12.7 Å². The van der Waals surface area contributed by atoms with Crippen LogP contribution in [-0.4, -0.2) is 54.8 Å². The number of carbonyl (C=O) groups excluding carboxylic acids is 4. The Hall–Kier alpha value is -4.05. The summed E-state index contributed by atoms with van der Waals surface area (Å²) in [6.45, 7) is 0.331. The van der Waals surface area contributed by atoms with Gasteiger partial charge in [-0.1, -0.05) is 18.2 Å². The minimum Gasteiger partial charge on any atom is -0.454 e. The van der Waals surface area contributed by atoms with E-state index < -0.39 is 11.1 Å². The molecule has 34 heavy (non-hydrogen) atoms. The molecule has 0 aromatic heterocycles. The van der Waals surface area contributed by atoms with E-state index in [1.807, 2.05) is 0 Å². The normalized spacial score (nSPS) is 15.9. The van der Waals surface area contributed by atoms with Gasteiger partial charge in [0, 0.05) is 31.8 Å². The molecule has 4 rings (SSSR count). The van der Waals surface area contributed by atoms with Crippen LogP contribution in [0, 0.1) is 0 Å². The summed E-state index contributed by atoms with van der Waals surface area (Å²) in [4.78, 5) is 50.0. The largest absolute Gasteiger partial charge is 0.454 e. The third-order valence-electron chi connectivity index (χ3n) is 5.03. The van der Waals surface area contributed by atoms with Gasteiger partial charge in [-0.25, -0.2) is 0 Å². The molecule has 10 heteroatoms. The van der Waals surface area contributed by atoms with Crippen LogP contribution in [0.3, 0.4) is 0 Å². The Labute approximate surface area is 199 Å². The van der Waals surface area contributed by atoms with Gasteiger partial charge in [-0.05, 0) is 59.3 Å². The predicted octanol–water partition coefficient (Wildman–Crippen LogP) is 2.64. The number of amides is 4. The van der Waals surface area contributed by atoms with Gasteiger partial charge < -0.3 is 20.1 Å². The van der Waals surface area contributed by atoms with Crippen LogP contribution in [0.15, 0.2) is 53.4 Å². The molecule has 2 aliphatic rings. The van der Waals surface area contributed by atoms with E-state index in [0.717, 1.165) is 27.8 Å². The number of carbonyl (C=O) groups is 4. The van der Waals surface area contributed by atoms with E-state index in [2.05, 4.69) is 10.6 Å². The van der Waals surface area contributed by atoms with Crippen molar-refractivity contribution in [1.29, 1.82) is 0 Å². The van der Waals surface area contributed by atoms with Crippen molar-refractivity contribution < 1.29 is 28.7 Å². The zero-order valence-corrected chi connectivity index (χ0v) is 19.0. The lowest BCUT2D eigenvalue weighted by Gasteiger charge is -2.12. The molecule has 2 heterocycles. The van der Waals surface area contributed by atoms with Gasteiger partial charge >= 0.3 is 0 Å². The maximum absolute atomic E-state index is 12.6. The van der Waals surface area contributed by atoms with E-state index in [-0.39, 0.29) is 31.7 Å². The lowest BCUT2D eigenvalue weighted by atomic mass is 10.1. The Morgan fingerprint density at radius 1 is 1.06 bits per heavy atom. The van der Waals surface area contributed by atoms with E-state index in [4.69, 9.17) is 9.47 Å². The van der Waals surface area contributed by atoms with Crippen LogP contribution in [0.4, 0.5) is 4.79 Å². The van der Waals surface area contributed by atoms with Crippen LogP contribution in [0.5, 0.6) is 11.5 Å². The maximum Gasteiger partial charge on any atom is 0.293 e. The number of ether oxygens (including phenoxy) is 2. The van der Waals surface area contributed by atoms with Crippen LogP contribution in [0.1, 0.15) is 21.5 Å². The molecule has 2 N–H and O–H groups in total. The number of nitrogens with one attached hydrogen (secondary N) is 2. The number of hydrogen-bond acceptors (Lipinski definition) is 7. The fourth-order valence-electron chi connectivity index (χ4n) is 3.26. The van der Waals surface area contributed by atoms with E-state index in [0.29, 0.717) is 22.0 Å². The number of thioether (sulfide) groups is 1. The highest BCUT2D eigenvalue weighted by Crippen LogP contribution is 2.36. The van der Waals surface area contributed by atoms with Crippen molar-refractivity contribution in [2.75, 3.05) is 26.9 Å². The van der Waals surface area contributed by atoms with Gasteiger partial charge in [0.1, 0.15) is 0 Å². The first-order chi connectivity index (χ1) is 16.4. The molecule has 4 amide bonds. The van der Waals surface area contributed by atoms with E-state index in [9.17, 15) is 19.2 Å². The highest BCUT2D eigenvalue weighted by atomic mass is 32.2. The minimum atomic E-state index is -0.409. The lowest BCUT2D eigenvalue weighted by Crippen LogP contribution is -2.36. The molecule has 2 aliphatic heterocycles. The third-order valence-corrected chi connectivity index (χ3v) is 5.94. The van der Waals surface area contributed by atoms with Crippen LogP contribution in [0.25, 0.3) is 12.2 Å². The first-order valence-corrected chi connectivity index (χ1v) is 11.2. The summed E-state index contributed by atoms with van der Waals surface area (Å²) >= 11 is 0.852. The van der Waals surface area contributed by atoms with Crippen LogP contribution in [-0.2, 0) is 9.59 Å². The van der Waals surface area contributed by atoms with Crippen molar-refractivity contribution in [2.45, 2.75) is 0 Å². The van der Waals surface area contributed by atoms with Gasteiger partial charge in [0.15, 0.2) is 11.5 Å². The zero-order valence-electron chi connectivity index (χ0n) is 18.2. The number of nitrogens with zero attached hydrogens (tertiary/aromatic N) is 1. The summed E-state index contributed by atoms with van der Waals surface area (Å²) in [5, 5.41) is 4.81. The molecule has 2 aromatic carbocycles. The number of imide groups is 1. The molecule has 1 fully saturated rings. The number of rotatable bonds is 7. The highest BCUT2D eigenvalue weighted by Gasteiger charge is 2.34. The van der Waals surface area contributed by atoms with E-state index in [1.165, 1.54) is 6.08 Å². The molecule has 0 bridgehead atoms. The number of benzene rings is 2. The van der Waals surface area contributed by atoms with Crippen molar-refractivity contribution in [3.05, 3.63) is 70.1 Å². The van der Waals surface area contributed by atoms with Gasteiger partial charge in [0.05, 0.1) is 4.91 Å². The Kier molecular flexibility index (Phi) is 6.98. The molecule has 0 aliphatic carbocycles. The Morgan fingerprint density at radius 3 is 2.56 bits per heavy atom. The Bertz CT molecular complexity index is 1210. The molecule has 174 valence electrons. The predicted molar refractivity (Wildman–Crippen MR) is 127 cm³/mol. The van der Waals surface area contributed by atoms with Crippen molar-refractivity contribution in [3.63, 3.8) is 0 Å². The van der Waals surface area contributed by atoms with Gasteiger partial charge in [-0.15, -0.1) is 0 Å². The molecule has 0 spiro atoms.